The molecule has 0 aliphatic heterocycles. The van der Waals surface area contributed by atoms with Crippen LogP contribution in [0.4, 0.5) is 0 Å². The Kier molecular flexibility index (Phi) is 2.72. The molecule has 0 fully saturated rings. The molecular weight excluding hydrogens is 360 g/mol. The molecule has 4 aromatic heterocycles. The summed E-state index contributed by atoms with van der Waals surface area (Å²) in [4.78, 5) is 1.81. The highest BCUT2D eigenvalue weighted by molar-refractivity contribution is 9.11. The molecule has 0 saturated heterocycles. The van der Waals surface area contributed by atoms with Gasteiger partial charge in [0.1, 0.15) is 0 Å². The van der Waals surface area contributed by atoms with E-state index in [1.807, 2.05) is 19.1 Å². The van der Waals surface area contributed by atoms with E-state index in [0.717, 1.165) is 35.7 Å². The van der Waals surface area contributed by atoms with Gasteiger partial charge in [-0.3, -0.25) is 5.10 Å². The molecule has 0 amide bonds. The predicted molar refractivity (Wildman–Crippen MR) is 82.0 cm³/mol. The van der Waals surface area contributed by atoms with E-state index in [0.29, 0.717) is 0 Å². The lowest BCUT2D eigenvalue weighted by molar-refractivity contribution is 0.973. The summed E-state index contributed by atoms with van der Waals surface area (Å²) in [6.07, 6.45) is 1.78. The largest absolute Gasteiger partial charge is 0.282 e. The number of H-pyrrole nitrogens is 1. The van der Waals surface area contributed by atoms with Crippen LogP contribution >= 0.6 is 38.6 Å². The molecule has 0 aliphatic carbocycles. The molecule has 0 saturated carbocycles. The van der Waals surface area contributed by atoms with Crippen LogP contribution in [0.25, 0.3) is 26.2 Å². The Morgan fingerprint density at radius 2 is 2.15 bits per heavy atom. The van der Waals surface area contributed by atoms with Crippen molar-refractivity contribution in [3.8, 4) is 21.3 Å². The molecule has 0 atom stereocenters. The normalized spacial score (nSPS) is 11.5. The Labute approximate surface area is 129 Å². The Bertz CT molecular complexity index is 901. The fraction of sp³-hybridized carbons (Fsp3) is 0.0909. The van der Waals surface area contributed by atoms with Crippen LogP contribution in [0.1, 0.15) is 5.69 Å². The summed E-state index contributed by atoms with van der Waals surface area (Å²) in [6.45, 7) is 1.97. The number of hydrogen-bond donors (Lipinski definition) is 1. The Morgan fingerprint density at radius 3 is 2.85 bits per heavy atom. The number of nitrogens with zero attached hydrogens (tertiary/aromatic N) is 5. The molecule has 0 bridgehead atoms. The van der Waals surface area contributed by atoms with Gasteiger partial charge in [-0.2, -0.15) is 14.7 Å². The van der Waals surface area contributed by atoms with Gasteiger partial charge in [0.15, 0.2) is 10.8 Å². The van der Waals surface area contributed by atoms with Gasteiger partial charge in [-0.05, 0) is 35.0 Å². The molecule has 1 N–H and O–H groups in total. The van der Waals surface area contributed by atoms with Crippen LogP contribution in [0.2, 0.25) is 0 Å². The van der Waals surface area contributed by atoms with E-state index in [-0.39, 0.29) is 0 Å². The molecule has 0 spiro atoms. The van der Waals surface area contributed by atoms with E-state index in [9.17, 15) is 0 Å². The third-order valence-electron chi connectivity index (χ3n) is 2.84. The number of aryl methyl sites for hydroxylation is 1. The van der Waals surface area contributed by atoms with Crippen molar-refractivity contribution in [2.75, 3.05) is 0 Å². The second-order valence-electron chi connectivity index (χ2n) is 4.14. The van der Waals surface area contributed by atoms with Crippen molar-refractivity contribution in [2.24, 2.45) is 0 Å². The third kappa shape index (κ3) is 1.81. The highest BCUT2D eigenvalue weighted by atomic mass is 79.9. The first kappa shape index (κ1) is 12.2. The topological polar surface area (TPSA) is 71.8 Å². The first-order valence-corrected chi connectivity index (χ1v) is 8.13. The van der Waals surface area contributed by atoms with Crippen LogP contribution in [-0.4, -0.2) is 30.0 Å². The van der Waals surface area contributed by atoms with Gasteiger partial charge in [0.2, 0.25) is 4.96 Å². The van der Waals surface area contributed by atoms with Gasteiger partial charge >= 0.3 is 0 Å². The summed E-state index contributed by atoms with van der Waals surface area (Å²) in [5, 5.41) is 20.8. The monoisotopic (exact) mass is 366 g/mol. The fourth-order valence-corrected chi connectivity index (χ4v) is 4.14. The van der Waals surface area contributed by atoms with Crippen molar-refractivity contribution < 1.29 is 0 Å². The molecule has 0 aromatic carbocycles. The lowest BCUT2D eigenvalue weighted by atomic mass is 10.3. The lowest BCUT2D eigenvalue weighted by Crippen LogP contribution is -1.89. The minimum absolute atomic E-state index is 0.763. The third-order valence-corrected chi connectivity index (χ3v) is 5.40. The quantitative estimate of drug-likeness (QED) is 0.590. The van der Waals surface area contributed by atoms with Crippen LogP contribution < -0.4 is 0 Å². The van der Waals surface area contributed by atoms with Gasteiger partial charge in [-0.15, -0.1) is 21.5 Å². The minimum atomic E-state index is 0.763. The molecule has 100 valence electrons. The maximum Gasteiger partial charge on any atom is 0.235 e. The SMILES string of the molecule is Cc1[nH]ncc1-c1nn2c(-c3ccc(Br)s3)nnc2s1. The van der Waals surface area contributed by atoms with Crippen molar-refractivity contribution in [2.45, 2.75) is 6.92 Å². The Balaban J connectivity index is 1.89. The summed E-state index contributed by atoms with van der Waals surface area (Å²) < 4.78 is 2.84. The van der Waals surface area contributed by atoms with E-state index in [2.05, 4.69) is 41.4 Å². The van der Waals surface area contributed by atoms with Gasteiger partial charge in [-0.1, -0.05) is 11.3 Å². The number of nitrogens with one attached hydrogen (secondary N) is 1. The van der Waals surface area contributed by atoms with Crippen molar-refractivity contribution in [1.29, 1.82) is 0 Å². The standard InChI is InChI=1S/C11H7BrN6S2/c1-5-6(4-13-14-5)10-17-18-9(15-16-11(18)20-10)7-2-3-8(12)19-7/h2-4H,1H3,(H,13,14). The zero-order valence-electron chi connectivity index (χ0n) is 10.2. The summed E-state index contributed by atoms with van der Waals surface area (Å²) in [6, 6.07) is 4.00. The molecule has 0 unspecified atom stereocenters. The zero-order chi connectivity index (χ0) is 13.7. The smallest absolute Gasteiger partial charge is 0.235 e. The number of aromatic nitrogens is 6. The second-order valence-corrected chi connectivity index (χ2v) is 7.56. The number of halogens is 1. The average Bonchev–Trinajstić information content (AvgIpc) is 3.11. The van der Waals surface area contributed by atoms with Crippen LogP contribution in [0, 0.1) is 6.92 Å². The van der Waals surface area contributed by atoms with Crippen molar-refractivity contribution in [3.63, 3.8) is 0 Å². The number of aromatic amines is 1. The maximum atomic E-state index is 4.60. The van der Waals surface area contributed by atoms with Crippen molar-refractivity contribution in [3.05, 3.63) is 27.8 Å². The second kappa shape index (κ2) is 4.47. The molecule has 4 rings (SSSR count). The zero-order valence-corrected chi connectivity index (χ0v) is 13.4. The van der Waals surface area contributed by atoms with Crippen LogP contribution in [-0.2, 0) is 0 Å². The molecule has 6 nitrogen and oxygen atoms in total. The van der Waals surface area contributed by atoms with Gasteiger partial charge in [0, 0.05) is 5.69 Å². The lowest BCUT2D eigenvalue weighted by Gasteiger charge is -1.92. The molecule has 20 heavy (non-hydrogen) atoms. The van der Waals surface area contributed by atoms with Crippen LogP contribution in [0.3, 0.4) is 0 Å². The van der Waals surface area contributed by atoms with E-state index >= 15 is 0 Å². The summed E-state index contributed by atoms with van der Waals surface area (Å²) in [7, 11) is 0. The molecule has 9 heteroatoms. The minimum Gasteiger partial charge on any atom is -0.282 e. The van der Waals surface area contributed by atoms with Crippen molar-refractivity contribution >= 4 is 43.6 Å². The molecular formula is C11H7BrN6S2. The van der Waals surface area contributed by atoms with Gasteiger partial charge in [0.05, 0.1) is 20.4 Å². The van der Waals surface area contributed by atoms with E-state index < -0.39 is 0 Å². The first-order valence-electron chi connectivity index (χ1n) is 5.70. The number of hydrogen-bond acceptors (Lipinski definition) is 6. The Hall–Kier alpha value is -1.58. The van der Waals surface area contributed by atoms with E-state index in [1.54, 1.807) is 22.0 Å². The van der Waals surface area contributed by atoms with E-state index in [4.69, 9.17) is 0 Å². The van der Waals surface area contributed by atoms with Crippen LogP contribution in [0.5, 0.6) is 0 Å². The van der Waals surface area contributed by atoms with Gasteiger partial charge in [-0.25, -0.2) is 0 Å². The number of fused-ring (bicyclic) bond motifs is 1. The van der Waals surface area contributed by atoms with Gasteiger partial charge in [0.25, 0.3) is 0 Å². The molecule has 0 aliphatic rings. The Morgan fingerprint density at radius 1 is 1.25 bits per heavy atom. The van der Waals surface area contributed by atoms with Crippen LogP contribution in [0.15, 0.2) is 22.1 Å². The first-order chi connectivity index (χ1) is 9.72. The fourth-order valence-electron chi connectivity index (χ4n) is 1.88. The van der Waals surface area contributed by atoms with Gasteiger partial charge < -0.3 is 0 Å². The molecule has 4 aromatic rings. The van der Waals surface area contributed by atoms with E-state index in [1.165, 1.54) is 11.3 Å². The highest BCUT2D eigenvalue weighted by Crippen LogP contribution is 2.33. The summed E-state index contributed by atoms with van der Waals surface area (Å²) >= 11 is 6.57. The summed E-state index contributed by atoms with van der Waals surface area (Å²) in [5.41, 5.74) is 1.99. The molecule has 4 heterocycles. The summed E-state index contributed by atoms with van der Waals surface area (Å²) in [5.74, 6) is 0.763. The van der Waals surface area contributed by atoms with Crippen molar-refractivity contribution in [1.82, 2.24) is 30.0 Å². The predicted octanol–water partition coefficient (Wildman–Crippen LogP) is 3.38. The highest BCUT2D eigenvalue weighted by Gasteiger charge is 2.17. The number of rotatable bonds is 2. The number of thiophene rings is 1. The molecule has 0 radical (unpaired) electrons. The maximum absolute atomic E-state index is 4.60. The average molecular weight is 367 g/mol.